The first-order valence-corrected chi connectivity index (χ1v) is 14.2. The fraction of sp³-hybridized carbons (Fsp3) is 0.581. The van der Waals surface area contributed by atoms with Gasteiger partial charge in [0, 0.05) is 48.9 Å². The van der Waals surface area contributed by atoms with Crippen molar-refractivity contribution in [2.24, 2.45) is 5.92 Å². The van der Waals surface area contributed by atoms with Gasteiger partial charge < -0.3 is 24.2 Å². The molecule has 2 saturated heterocycles. The molecule has 1 saturated carbocycles. The SMILES string of the molecule is CCOC(=O)N1CCCC2CC(N3CCC4(CC3)CN(c3cccc(OC)c3)Cc3ccccc34)CC21. The summed E-state index contributed by atoms with van der Waals surface area (Å²) in [7, 11) is 1.74. The maximum Gasteiger partial charge on any atom is 0.410 e. The van der Waals surface area contributed by atoms with Gasteiger partial charge in [0.1, 0.15) is 5.75 Å². The van der Waals surface area contributed by atoms with Crippen LogP contribution in [0.4, 0.5) is 10.5 Å². The number of hydrogen-bond donors (Lipinski definition) is 0. The van der Waals surface area contributed by atoms with Crippen LogP contribution in [-0.2, 0) is 16.7 Å². The van der Waals surface area contributed by atoms with Crippen LogP contribution in [0.3, 0.4) is 0 Å². The molecule has 0 bridgehead atoms. The third kappa shape index (κ3) is 4.58. The molecule has 1 aliphatic carbocycles. The molecule has 2 aromatic carbocycles. The second-order valence-electron chi connectivity index (χ2n) is 11.5. The Labute approximate surface area is 221 Å². The summed E-state index contributed by atoms with van der Waals surface area (Å²) in [5.41, 5.74) is 4.44. The molecule has 2 aromatic rings. The fourth-order valence-corrected chi connectivity index (χ4v) is 7.81. The van der Waals surface area contributed by atoms with E-state index >= 15 is 0 Å². The highest BCUT2D eigenvalue weighted by Crippen LogP contribution is 2.46. The number of rotatable bonds is 4. The first-order valence-electron chi connectivity index (χ1n) is 14.2. The van der Waals surface area contributed by atoms with Crippen molar-refractivity contribution in [1.29, 1.82) is 0 Å². The first-order chi connectivity index (χ1) is 18.1. The van der Waals surface area contributed by atoms with E-state index in [9.17, 15) is 4.79 Å². The van der Waals surface area contributed by atoms with E-state index in [1.54, 1.807) is 12.7 Å². The molecule has 3 unspecified atom stereocenters. The van der Waals surface area contributed by atoms with Gasteiger partial charge in [-0.25, -0.2) is 4.79 Å². The summed E-state index contributed by atoms with van der Waals surface area (Å²) < 4.78 is 10.9. The number of carbonyl (C=O) groups excluding carboxylic acids is 1. The normalized spacial score (nSPS) is 27.0. The zero-order chi connectivity index (χ0) is 25.4. The Morgan fingerprint density at radius 2 is 1.89 bits per heavy atom. The monoisotopic (exact) mass is 503 g/mol. The van der Waals surface area contributed by atoms with Crippen molar-refractivity contribution >= 4 is 11.8 Å². The Balaban J connectivity index is 1.18. The number of piperidine rings is 2. The number of carbonyl (C=O) groups is 1. The zero-order valence-corrected chi connectivity index (χ0v) is 22.4. The highest BCUT2D eigenvalue weighted by Gasteiger charge is 2.47. The molecule has 0 aromatic heterocycles. The predicted molar refractivity (Wildman–Crippen MR) is 146 cm³/mol. The van der Waals surface area contributed by atoms with Gasteiger partial charge >= 0.3 is 6.09 Å². The van der Waals surface area contributed by atoms with Crippen molar-refractivity contribution in [3.05, 3.63) is 59.7 Å². The highest BCUT2D eigenvalue weighted by atomic mass is 16.6. The van der Waals surface area contributed by atoms with Crippen LogP contribution in [0, 0.1) is 5.92 Å². The molecule has 3 heterocycles. The minimum Gasteiger partial charge on any atom is -0.497 e. The summed E-state index contributed by atoms with van der Waals surface area (Å²) in [4.78, 5) is 20.0. The summed E-state index contributed by atoms with van der Waals surface area (Å²) in [6.45, 7) is 7.47. The second-order valence-corrected chi connectivity index (χ2v) is 11.5. The second kappa shape index (κ2) is 10.2. The largest absolute Gasteiger partial charge is 0.497 e. The average molecular weight is 504 g/mol. The summed E-state index contributed by atoms with van der Waals surface area (Å²) >= 11 is 0. The number of ether oxygens (including phenoxy) is 2. The lowest BCUT2D eigenvalue weighted by Gasteiger charge is -2.50. The standard InChI is InChI=1S/C31H41N3O3/c1-3-37-30(35)34-15-7-9-23-18-26(20-29(23)34)32-16-13-31(14-17-32)22-33(21-24-8-4-5-12-28(24)31)25-10-6-11-27(19-25)36-2/h4-6,8,10-12,19,23,26,29H,3,7,9,13-18,20-22H2,1-2H3. The van der Waals surface area contributed by atoms with E-state index in [1.807, 2.05) is 17.9 Å². The van der Waals surface area contributed by atoms with Gasteiger partial charge in [-0.05, 0) is 87.7 Å². The van der Waals surface area contributed by atoms with Crippen LogP contribution in [-0.4, -0.2) is 67.9 Å². The van der Waals surface area contributed by atoms with Crippen LogP contribution in [0.2, 0.25) is 0 Å². The quantitative estimate of drug-likeness (QED) is 0.555. The molecule has 198 valence electrons. The van der Waals surface area contributed by atoms with Crippen molar-refractivity contribution in [1.82, 2.24) is 9.80 Å². The van der Waals surface area contributed by atoms with Crippen LogP contribution in [0.25, 0.3) is 0 Å². The van der Waals surface area contributed by atoms with Crippen molar-refractivity contribution in [3.63, 3.8) is 0 Å². The van der Waals surface area contributed by atoms with Gasteiger partial charge in [0.2, 0.25) is 0 Å². The van der Waals surface area contributed by atoms with E-state index in [0.29, 0.717) is 24.6 Å². The van der Waals surface area contributed by atoms with Crippen LogP contribution >= 0.6 is 0 Å². The number of hydrogen-bond acceptors (Lipinski definition) is 5. The van der Waals surface area contributed by atoms with E-state index in [0.717, 1.165) is 51.3 Å². The first kappa shape index (κ1) is 24.6. The van der Waals surface area contributed by atoms with Crippen LogP contribution < -0.4 is 9.64 Å². The lowest BCUT2D eigenvalue weighted by atomic mass is 9.68. The lowest BCUT2D eigenvalue weighted by Crippen LogP contribution is -2.53. The van der Waals surface area contributed by atoms with Gasteiger partial charge in [-0.15, -0.1) is 0 Å². The molecule has 6 heteroatoms. The van der Waals surface area contributed by atoms with Gasteiger partial charge in [0.05, 0.1) is 13.7 Å². The summed E-state index contributed by atoms with van der Waals surface area (Å²) in [5, 5.41) is 0. The Kier molecular flexibility index (Phi) is 6.78. The minimum atomic E-state index is -0.105. The average Bonchev–Trinajstić information content (AvgIpc) is 3.38. The Bertz CT molecular complexity index is 1110. The molecule has 1 spiro atoms. The maximum atomic E-state index is 12.6. The van der Waals surface area contributed by atoms with Crippen LogP contribution in [0.15, 0.2) is 48.5 Å². The number of likely N-dealkylation sites (tertiary alicyclic amines) is 2. The summed E-state index contributed by atoms with van der Waals surface area (Å²) in [6, 6.07) is 18.6. The molecule has 3 atom stereocenters. The van der Waals surface area contributed by atoms with E-state index < -0.39 is 0 Å². The van der Waals surface area contributed by atoms with E-state index in [2.05, 4.69) is 52.3 Å². The lowest BCUT2D eigenvalue weighted by molar-refractivity contribution is 0.0633. The molecular weight excluding hydrogens is 462 g/mol. The molecule has 4 aliphatic rings. The molecule has 6 rings (SSSR count). The van der Waals surface area contributed by atoms with Crippen LogP contribution in [0.5, 0.6) is 5.75 Å². The molecule has 0 radical (unpaired) electrons. The third-order valence-corrected chi connectivity index (χ3v) is 9.64. The fourth-order valence-electron chi connectivity index (χ4n) is 7.81. The molecule has 3 fully saturated rings. The Hall–Kier alpha value is -2.73. The molecular formula is C31H41N3O3. The number of anilines is 1. The van der Waals surface area contributed by atoms with E-state index in [-0.39, 0.29) is 11.5 Å². The van der Waals surface area contributed by atoms with Gasteiger partial charge in [-0.2, -0.15) is 0 Å². The van der Waals surface area contributed by atoms with E-state index in [1.165, 1.54) is 36.9 Å². The third-order valence-electron chi connectivity index (χ3n) is 9.64. The Morgan fingerprint density at radius 1 is 1.05 bits per heavy atom. The number of nitrogens with zero attached hydrogens (tertiary/aromatic N) is 3. The minimum absolute atomic E-state index is 0.105. The van der Waals surface area contributed by atoms with Crippen LogP contribution in [0.1, 0.15) is 56.6 Å². The van der Waals surface area contributed by atoms with Crippen molar-refractivity contribution in [3.8, 4) is 5.75 Å². The number of amides is 1. The van der Waals surface area contributed by atoms with Crippen molar-refractivity contribution in [2.75, 3.05) is 44.8 Å². The summed E-state index contributed by atoms with van der Waals surface area (Å²) in [5.74, 6) is 1.54. The van der Waals surface area contributed by atoms with Crippen molar-refractivity contribution in [2.45, 2.75) is 69.5 Å². The maximum absolute atomic E-state index is 12.6. The number of methoxy groups -OCH3 is 1. The van der Waals surface area contributed by atoms with E-state index in [4.69, 9.17) is 9.47 Å². The van der Waals surface area contributed by atoms with Crippen molar-refractivity contribution < 1.29 is 14.3 Å². The molecule has 0 N–H and O–H groups in total. The van der Waals surface area contributed by atoms with Gasteiger partial charge in [0.15, 0.2) is 0 Å². The Morgan fingerprint density at radius 3 is 2.70 bits per heavy atom. The smallest absolute Gasteiger partial charge is 0.410 e. The molecule has 1 amide bonds. The summed E-state index contributed by atoms with van der Waals surface area (Å²) in [6.07, 6.45) is 6.93. The molecule has 37 heavy (non-hydrogen) atoms. The number of fused-ring (bicyclic) bond motifs is 3. The van der Waals surface area contributed by atoms with Gasteiger partial charge in [0.25, 0.3) is 0 Å². The number of benzene rings is 2. The molecule has 6 nitrogen and oxygen atoms in total. The predicted octanol–water partition coefficient (Wildman–Crippen LogP) is 5.45. The van der Waals surface area contributed by atoms with Gasteiger partial charge in [-0.3, -0.25) is 0 Å². The highest BCUT2D eigenvalue weighted by molar-refractivity contribution is 5.68. The van der Waals surface area contributed by atoms with Gasteiger partial charge in [-0.1, -0.05) is 30.3 Å². The molecule has 3 aliphatic heterocycles. The topological polar surface area (TPSA) is 45.2 Å². The zero-order valence-electron chi connectivity index (χ0n) is 22.4.